The van der Waals surface area contributed by atoms with Crippen molar-refractivity contribution in [2.24, 2.45) is 5.92 Å². The molecule has 0 spiro atoms. The van der Waals surface area contributed by atoms with Crippen LogP contribution >= 0.6 is 0 Å². The number of hydrogen-bond acceptors (Lipinski definition) is 2. The molecule has 0 aliphatic carbocycles. The summed E-state index contributed by atoms with van der Waals surface area (Å²) in [6, 6.07) is 0. The van der Waals surface area contributed by atoms with E-state index in [1.165, 1.54) is 0 Å². The van der Waals surface area contributed by atoms with Gasteiger partial charge in [-0.3, -0.25) is 9.59 Å². The molecule has 4 heteroatoms. The molecular weight excluding hydrogens is 228 g/mol. The van der Waals surface area contributed by atoms with Crippen LogP contribution in [0.25, 0.3) is 0 Å². The van der Waals surface area contributed by atoms with E-state index in [2.05, 4.69) is 13.8 Å². The number of carbonyl (C=O) groups is 1. The second kappa shape index (κ2) is 7.39. The van der Waals surface area contributed by atoms with Crippen molar-refractivity contribution < 1.29 is 9.59 Å². The van der Waals surface area contributed by atoms with Crippen molar-refractivity contribution in [3.8, 4) is 0 Å². The van der Waals surface area contributed by atoms with Crippen LogP contribution in [0.4, 0.5) is 0 Å². The van der Waals surface area contributed by atoms with Gasteiger partial charge in [0.25, 0.3) is 0 Å². The first-order valence-corrected chi connectivity index (χ1v) is 6.71. The molecule has 4 nitrogen and oxygen atoms in total. The van der Waals surface area contributed by atoms with E-state index in [-0.39, 0.29) is 5.91 Å². The minimum atomic E-state index is -0.474. The van der Waals surface area contributed by atoms with Gasteiger partial charge >= 0.3 is 6.41 Å². The molecule has 0 saturated heterocycles. The van der Waals surface area contributed by atoms with E-state index in [9.17, 15) is 9.59 Å². The molecule has 0 aromatic rings. The van der Waals surface area contributed by atoms with Crippen LogP contribution in [0, 0.1) is 5.92 Å². The van der Waals surface area contributed by atoms with E-state index in [0.717, 1.165) is 6.54 Å². The van der Waals surface area contributed by atoms with Crippen molar-refractivity contribution in [2.45, 2.75) is 53.5 Å². The highest BCUT2D eigenvalue weighted by Crippen LogP contribution is 2.18. The summed E-state index contributed by atoms with van der Waals surface area (Å²) >= 11 is 0. The number of nitrogens with zero attached hydrogens (tertiary/aromatic N) is 2. The van der Waals surface area contributed by atoms with Crippen LogP contribution in [0.15, 0.2) is 0 Å². The second-order valence-corrected chi connectivity index (χ2v) is 5.65. The fourth-order valence-corrected chi connectivity index (χ4v) is 2.04. The third-order valence-electron chi connectivity index (χ3n) is 3.06. The maximum Gasteiger partial charge on any atom is 0.312 e. The zero-order chi connectivity index (χ0) is 14.3. The van der Waals surface area contributed by atoms with E-state index in [1.807, 2.05) is 39.0 Å². The highest BCUT2D eigenvalue weighted by Gasteiger charge is 2.30. The third-order valence-corrected chi connectivity index (χ3v) is 3.06. The summed E-state index contributed by atoms with van der Waals surface area (Å²) in [5.74, 6) is 0.557. The van der Waals surface area contributed by atoms with E-state index in [1.54, 1.807) is 4.90 Å². The van der Waals surface area contributed by atoms with E-state index in [4.69, 9.17) is 0 Å². The average Bonchev–Trinajstić information content (AvgIpc) is 2.25. The van der Waals surface area contributed by atoms with Crippen LogP contribution in [0.2, 0.25) is 0 Å². The number of hydrogen-bond donors (Lipinski definition) is 0. The van der Waals surface area contributed by atoms with Gasteiger partial charge in [0.05, 0.1) is 0 Å². The van der Waals surface area contributed by atoms with E-state index < -0.39 is 5.54 Å². The molecule has 0 heterocycles. The lowest BCUT2D eigenvalue weighted by molar-refractivity contribution is -0.133. The lowest BCUT2D eigenvalue weighted by atomic mass is 9.97. The Kier molecular flexibility index (Phi) is 6.96. The van der Waals surface area contributed by atoms with Gasteiger partial charge in [-0.1, -0.05) is 13.8 Å². The Bertz CT molecular complexity index is 275. The molecule has 0 rings (SSSR count). The molecule has 0 saturated carbocycles. The molecule has 0 bridgehead atoms. The Balaban J connectivity index is 4.65. The monoisotopic (exact) mass is 255 g/mol. The summed E-state index contributed by atoms with van der Waals surface area (Å²) in [6.07, 6.45) is 2.25. The van der Waals surface area contributed by atoms with Gasteiger partial charge in [-0.25, -0.2) is 0 Å². The first-order chi connectivity index (χ1) is 8.28. The van der Waals surface area contributed by atoms with Crippen LogP contribution in [0.1, 0.15) is 48.0 Å². The summed E-state index contributed by atoms with van der Waals surface area (Å²) in [5.41, 5.74) is -0.474. The van der Waals surface area contributed by atoms with Crippen LogP contribution in [0.3, 0.4) is 0 Å². The third kappa shape index (κ3) is 5.07. The van der Waals surface area contributed by atoms with Gasteiger partial charge in [0.15, 0.2) is 0 Å². The lowest BCUT2D eigenvalue weighted by Gasteiger charge is -2.35. The van der Waals surface area contributed by atoms with E-state index >= 15 is 0 Å². The summed E-state index contributed by atoms with van der Waals surface area (Å²) in [6.45, 7) is 13.9. The Morgan fingerprint density at radius 1 is 1.22 bits per heavy atom. The molecule has 18 heavy (non-hydrogen) atoms. The molecular formula is C14H27N2O2. The van der Waals surface area contributed by atoms with Gasteiger partial charge in [0.2, 0.25) is 5.91 Å². The van der Waals surface area contributed by atoms with E-state index in [0.29, 0.717) is 25.4 Å². The molecule has 2 amide bonds. The highest BCUT2D eigenvalue weighted by molar-refractivity contribution is 5.77. The molecule has 0 atom stereocenters. The Morgan fingerprint density at radius 3 is 2.11 bits per heavy atom. The Labute approximate surface area is 111 Å². The largest absolute Gasteiger partial charge is 0.343 e. The summed E-state index contributed by atoms with van der Waals surface area (Å²) < 4.78 is 0. The summed E-state index contributed by atoms with van der Waals surface area (Å²) in [7, 11) is 0. The van der Waals surface area contributed by atoms with Gasteiger partial charge in [0.1, 0.15) is 0 Å². The number of carbonyl (C=O) groups excluding carboxylic acids is 2. The van der Waals surface area contributed by atoms with Crippen molar-refractivity contribution >= 4 is 12.3 Å². The maximum absolute atomic E-state index is 12.2. The molecule has 105 valence electrons. The van der Waals surface area contributed by atoms with Crippen LogP contribution in [0.5, 0.6) is 0 Å². The SMILES string of the molecule is CCN(CC(C)C)C(=O)CC(C)(C)N([C]=O)CC. The predicted octanol–water partition coefficient (Wildman–Crippen LogP) is 2.05. The minimum Gasteiger partial charge on any atom is -0.343 e. The van der Waals surface area contributed by atoms with Crippen molar-refractivity contribution in [3.63, 3.8) is 0 Å². The molecule has 1 radical (unpaired) electrons. The normalized spacial score (nSPS) is 11.5. The molecule has 0 aromatic heterocycles. The van der Waals surface area contributed by atoms with Gasteiger partial charge in [-0.2, -0.15) is 0 Å². The lowest BCUT2D eigenvalue weighted by Crippen LogP contribution is -2.47. The Morgan fingerprint density at radius 2 is 1.78 bits per heavy atom. The average molecular weight is 255 g/mol. The number of amides is 2. The molecule has 0 aliphatic heterocycles. The first kappa shape index (κ1) is 16.9. The first-order valence-electron chi connectivity index (χ1n) is 6.71. The standard InChI is InChI=1S/C14H27N2O2/c1-7-15(10-12(3)4)13(18)9-14(5,6)16(8-2)11-17/h12H,7-10H2,1-6H3. The molecule has 0 N–H and O–H groups in total. The Hall–Kier alpha value is -1.06. The maximum atomic E-state index is 12.2. The fourth-order valence-electron chi connectivity index (χ4n) is 2.04. The zero-order valence-electron chi connectivity index (χ0n) is 12.6. The van der Waals surface area contributed by atoms with Gasteiger partial charge < -0.3 is 9.80 Å². The van der Waals surface area contributed by atoms with Gasteiger partial charge in [0, 0.05) is 31.6 Å². The quantitative estimate of drug-likeness (QED) is 0.623. The smallest absolute Gasteiger partial charge is 0.312 e. The predicted molar refractivity (Wildman–Crippen MR) is 73.9 cm³/mol. The second-order valence-electron chi connectivity index (χ2n) is 5.65. The summed E-state index contributed by atoms with van der Waals surface area (Å²) in [4.78, 5) is 26.5. The van der Waals surface area contributed by atoms with Crippen LogP contribution in [-0.4, -0.2) is 47.3 Å². The van der Waals surface area contributed by atoms with Gasteiger partial charge in [-0.15, -0.1) is 0 Å². The minimum absolute atomic E-state index is 0.102. The van der Waals surface area contributed by atoms with Crippen LogP contribution < -0.4 is 0 Å². The van der Waals surface area contributed by atoms with Crippen molar-refractivity contribution in [2.75, 3.05) is 19.6 Å². The topological polar surface area (TPSA) is 40.6 Å². The van der Waals surface area contributed by atoms with Crippen molar-refractivity contribution in [1.82, 2.24) is 9.80 Å². The summed E-state index contributed by atoms with van der Waals surface area (Å²) in [5, 5.41) is 0. The zero-order valence-corrected chi connectivity index (χ0v) is 12.6. The molecule has 0 unspecified atom stereocenters. The van der Waals surface area contributed by atoms with Crippen molar-refractivity contribution in [1.29, 1.82) is 0 Å². The fraction of sp³-hybridized carbons (Fsp3) is 0.857. The molecule has 0 aliphatic rings. The molecule has 0 aromatic carbocycles. The van der Waals surface area contributed by atoms with Gasteiger partial charge in [-0.05, 0) is 33.6 Å². The number of rotatable bonds is 8. The molecule has 0 fully saturated rings. The van der Waals surface area contributed by atoms with Crippen LogP contribution in [-0.2, 0) is 9.59 Å². The highest BCUT2D eigenvalue weighted by atomic mass is 16.2. The van der Waals surface area contributed by atoms with Crippen molar-refractivity contribution in [3.05, 3.63) is 0 Å².